The molecule has 0 saturated carbocycles. The Morgan fingerprint density at radius 1 is 1.08 bits per heavy atom. The van der Waals surface area contributed by atoms with Gasteiger partial charge in [0.05, 0.1) is 17.6 Å². The number of amides is 1. The van der Waals surface area contributed by atoms with Gasteiger partial charge in [0, 0.05) is 24.5 Å². The van der Waals surface area contributed by atoms with Crippen LogP contribution in [0.4, 0.5) is 0 Å². The number of fused-ring (bicyclic) bond motifs is 1. The lowest BCUT2D eigenvalue weighted by Crippen LogP contribution is -2.26. The third-order valence-electron chi connectivity index (χ3n) is 5.20. The monoisotopic (exact) mass is 367 g/mol. The van der Waals surface area contributed by atoms with Crippen LogP contribution in [0.2, 0.25) is 5.02 Å². The van der Waals surface area contributed by atoms with Crippen molar-refractivity contribution in [2.75, 3.05) is 6.54 Å². The Hall–Kier alpha value is -2.33. The Morgan fingerprint density at radius 2 is 1.81 bits per heavy atom. The molecule has 0 N–H and O–H groups in total. The van der Waals surface area contributed by atoms with Crippen LogP contribution in [-0.4, -0.2) is 26.9 Å². The van der Waals surface area contributed by atoms with Crippen molar-refractivity contribution in [2.24, 2.45) is 0 Å². The molecule has 0 radical (unpaired) electrons. The maximum Gasteiger partial charge on any atom is 0.223 e. The molecule has 1 saturated heterocycles. The number of likely N-dealkylation sites (tertiary alicyclic amines) is 1. The first-order chi connectivity index (χ1) is 12.5. The van der Waals surface area contributed by atoms with Gasteiger partial charge in [-0.2, -0.15) is 0 Å². The molecule has 3 aromatic rings. The van der Waals surface area contributed by atoms with E-state index in [1.165, 1.54) is 16.7 Å². The minimum atomic E-state index is 0.225. The van der Waals surface area contributed by atoms with Gasteiger partial charge in [-0.25, -0.2) is 4.98 Å². The van der Waals surface area contributed by atoms with Crippen LogP contribution < -0.4 is 0 Å². The number of carbonyl (C=O) groups is 1. The smallest absolute Gasteiger partial charge is 0.223 e. The Kier molecular flexibility index (Phi) is 4.45. The predicted octanol–water partition coefficient (Wildman–Crippen LogP) is 4.48. The molecule has 26 heavy (non-hydrogen) atoms. The highest BCUT2D eigenvalue weighted by Crippen LogP contribution is 2.24. The molecule has 1 aromatic heterocycles. The van der Waals surface area contributed by atoms with Crippen molar-refractivity contribution in [3.05, 3.63) is 63.9 Å². The number of carbonyl (C=O) groups excluding carboxylic acids is 1. The van der Waals surface area contributed by atoms with Crippen molar-refractivity contribution < 1.29 is 4.79 Å². The van der Waals surface area contributed by atoms with Gasteiger partial charge in [-0.05, 0) is 61.2 Å². The van der Waals surface area contributed by atoms with E-state index in [0.29, 0.717) is 19.5 Å². The van der Waals surface area contributed by atoms with Gasteiger partial charge in [0.1, 0.15) is 5.82 Å². The van der Waals surface area contributed by atoms with Gasteiger partial charge >= 0.3 is 0 Å². The molecule has 5 heteroatoms. The topological polar surface area (TPSA) is 38.1 Å². The van der Waals surface area contributed by atoms with Crippen molar-refractivity contribution in [2.45, 2.75) is 39.8 Å². The summed E-state index contributed by atoms with van der Waals surface area (Å²) in [6.07, 6.45) is 1.59. The standard InChI is InChI=1S/C21H22ClN3O/c1-14-10-18-19(11-15(14)2)25(12-16-5-7-17(22)8-6-16)20(23-18)13-24-9-3-4-21(24)26/h5-8,10-11H,3-4,9,12-13H2,1-2H3. The summed E-state index contributed by atoms with van der Waals surface area (Å²) in [6, 6.07) is 12.2. The van der Waals surface area contributed by atoms with Gasteiger partial charge in [-0.15, -0.1) is 0 Å². The van der Waals surface area contributed by atoms with Crippen molar-refractivity contribution in [3.8, 4) is 0 Å². The zero-order valence-electron chi connectivity index (χ0n) is 15.1. The Bertz CT molecular complexity index is 975. The van der Waals surface area contributed by atoms with Crippen molar-refractivity contribution >= 4 is 28.5 Å². The molecule has 1 amide bonds. The molecule has 0 unspecified atom stereocenters. The third-order valence-corrected chi connectivity index (χ3v) is 5.45. The van der Waals surface area contributed by atoms with Gasteiger partial charge < -0.3 is 9.47 Å². The lowest BCUT2D eigenvalue weighted by Gasteiger charge is -2.17. The second kappa shape index (κ2) is 6.76. The van der Waals surface area contributed by atoms with Crippen LogP contribution in [0.15, 0.2) is 36.4 Å². The number of benzene rings is 2. The van der Waals surface area contributed by atoms with Gasteiger partial charge in [0.25, 0.3) is 0 Å². The van der Waals surface area contributed by atoms with Crippen LogP contribution >= 0.6 is 11.6 Å². The number of hydrogen-bond acceptors (Lipinski definition) is 2. The van der Waals surface area contributed by atoms with Gasteiger partial charge in [-0.1, -0.05) is 23.7 Å². The Labute approximate surface area is 158 Å². The fourth-order valence-corrected chi connectivity index (χ4v) is 3.67. The number of imidazole rings is 1. The summed E-state index contributed by atoms with van der Waals surface area (Å²) in [5.74, 6) is 1.16. The molecular formula is C21H22ClN3O. The van der Waals surface area contributed by atoms with E-state index in [-0.39, 0.29) is 5.91 Å². The molecule has 2 heterocycles. The quantitative estimate of drug-likeness (QED) is 0.682. The average molecular weight is 368 g/mol. The second-order valence-electron chi connectivity index (χ2n) is 7.08. The SMILES string of the molecule is Cc1cc2nc(CN3CCCC3=O)n(Cc3ccc(Cl)cc3)c2cc1C. The van der Waals surface area contributed by atoms with E-state index >= 15 is 0 Å². The van der Waals surface area contributed by atoms with Crippen LogP contribution in [0, 0.1) is 13.8 Å². The third kappa shape index (κ3) is 3.21. The number of rotatable bonds is 4. The minimum absolute atomic E-state index is 0.225. The van der Waals surface area contributed by atoms with E-state index in [2.05, 4.69) is 30.5 Å². The molecule has 1 aliphatic rings. The summed E-state index contributed by atoms with van der Waals surface area (Å²) in [5.41, 5.74) is 5.75. The van der Waals surface area contributed by atoms with Gasteiger partial charge in [-0.3, -0.25) is 4.79 Å². The largest absolute Gasteiger partial charge is 0.335 e. The zero-order valence-corrected chi connectivity index (χ0v) is 15.9. The lowest BCUT2D eigenvalue weighted by atomic mass is 10.1. The molecular weight excluding hydrogens is 346 g/mol. The first kappa shape index (κ1) is 17.1. The van der Waals surface area contributed by atoms with Crippen LogP contribution in [0.25, 0.3) is 11.0 Å². The van der Waals surface area contributed by atoms with E-state index in [1.54, 1.807) is 0 Å². The first-order valence-corrected chi connectivity index (χ1v) is 9.37. The predicted molar refractivity (Wildman–Crippen MR) is 104 cm³/mol. The summed E-state index contributed by atoms with van der Waals surface area (Å²) < 4.78 is 2.23. The molecule has 0 bridgehead atoms. The molecule has 4 nitrogen and oxygen atoms in total. The van der Waals surface area contributed by atoms with Crippen LogP contribution in [0.3, 0.4) is 0 Å². The zero-order chi connectivity index (χ0) is 18.3. The van der Waals surface area contributed by atoms with Crippen LogP contribution in [-0.2, 0) is 17.9 Å². The van der Waals surface area contributed by atoms with Crippen LogP contribution in [0.1, 0.15) is 35.4 Å². The molecule has 0 aliphatic carbocycles. The van der Waals surface area contributed by atoms with E-state index in [4.69, 9.17) is 16.6 Å². The Morgan fingerprint density at radius 3 is 2.50 bits per heavy atom. The fourth-order valence-electron chi connectivity index (χ4n) is 3.54. The van der Waals surface area contributed by atoms with E-state index in [1.807, 2.05) is 29.2 Å². The Balaban J connectivity index is 1.78. The fraction of sp³-hybridized carbons (Fsp3) is 0.333. The summed E-state index contributed by atoms with van der Waals surface area (Å²) in [5, 5.41) is 0.735. The normalized spacial score (nSPS) is 14.6. The number of nitrogens with zero attached hydrogens (tertiary/aromatic N) is 3. The average Bonchev–Trinajstić information content (AvgIpc) is 3.15. The summed E-state index contributed by atoms with van der Waals surface area (Å²) >= 11 is 6.02. The maximum atomic E-state index is 12.1. The number of aromatic nitrogens is 2. The molecule has 2 aromatic carbocycles. The van der Waals surface area contributed by atoms with Crippen molar-refractivity contribution in [3.63, 3.8) is 0 Å². The van der Waals surface area contributed by atoms with E-state index in [9.17, 15) is 4.79 Å². The molecule has 4 rings (SSSR count). The van der Waals surface area contributed by atoms with Crippen molar-refractivity contribution in [1.29, 1.82) is 0 Å². The van der Waals surface area contributed by atoms with E-state index < -0.39 is 0 Å². The number of aryl methyl sites for hydroxylation is 2. The summed E-state index contributed by atoms with van der Waals surface area (Å²) in [4.78, 5) is 18.9. The molecule has 0 atom stereocenters. The lowest BCUT2D eigenvalue weighted by molar-refractivity contribution is -0.128. The summed E-state index contributed by atoms with van der Waals surface area (Å²) in [6.45, 7) is 6.34. The van der Waals surface area contributed by atoms with Gasteiger partial charge in [0.2, 0.25) is 5.91 Å². The highest BCUT2D eigenvalue weighted by molar-refractivity contribution is 6.30. The number of halogens is 1. The molecule has 0 spiro atoms. The minimum Gasteiger partial charge on any atom is -0.335 e. The highest BCUT2D eigenvalue weighted by atomic mass is 35.5. The van der Waals surface area contributed by atoms with Gasteiger partial charge in [0.15, 0.2) is 0 Å². The first-order valence-electron chi connectivity index (χ1n) is 9.00. The second-order valence-corrected chi connectivity index (χ2v) is 7.52. The molecule has 134 valence electrons. The number of hydrogen-bond donors (Lipinski definition) is 0. The summed E-state index contributed by atoms with van der Waals surface area (Å²) in [7, 11) is 0. The molecule has 1 aliphatic heterocycles. The molecule has 1 fully saturated rings. The maximum absolute atomic E-state index is 12.1. The van der Waals surface area contributed by atoms with Crippen molar-refractivity contribution in [1.82, 2.24) is 14.5 Å². The van der Waals surface area contributed by atoms with E-state index in [0.717, 1.165) is 34.8 Å². The highest BCUT2D eigenvalue weighted by Gasteiger charge is 2.23. The van der Waals surface area contributed by atoms with Crippen LogP contribution in [0.5, 0.6) is 0 Å².